The number of benzene rings is 1. The van der Waals surface area contributed by atoms with E-state index in [9.17, 15) is 45.9 Å². The van der Waals surface area contributed by atoms with Crippen molar-refractivity contribution in [2.75, 3.05) is 20.3 Å². The zero-order chi connectivity index (χ0) is 44.2. The summed E-state index contributed by atoms with van der Waals surface area (Å²) in [5.74, 6) is -4.87. The van der Waals surface area contributed by atoms with Crippen LogP contribution < -0.4 is 20.3 Å². The van der Waals surface area contributed by atoms with Gasteiger partial charge in [0.05, 0.1) is 35.2 Å². The molecule has 1 aromatic heterocycles. The summed E-state index contributed by atoms with van der Waals surface area (Å²) in [5.41, 5.74) is -5.26. The highest BCUT2D eigenvalue weighted by atomic mass is 32.2. The van der Waals surface area contributed by atoms with E-state index in [2.05, 4.69) is 15.1 Å². The van der Waals surface area contributed by atoms with Gasteiger partial charge in [-0.2, -0.15) is 13.2 Å². The average molecular weight is 867 g/mol. The van der Waals surface area contributed by atoms with Gasteiger partial charge in [-0.25, -0.2) is 17.9 Å². The molecule has 4 aliphatic rings. The van der Waals surface area contributed by atoms with E-state index in [1.807, 2.05) is 6.92 Å². The lowest BCUT2D eigenvalue weighted by molar-refractivity contribution is -0.222. The van der Waals surface area contributed by atoms with Crippen molar-refractivity contribution in [3.05, 3.63) is 46.8 Å². The number of carbonyl (C=O) groups is 4. The lowest BCUT2D eigenvalue weighted by Crippen LogP contribution is -2.66. The number of carbonyl (C=O) groups excluding carboxylic acids is 3. The smallest absolute Gasteiger partial charge is 0.411 e. The van der Waals surface area contributed by atoms with Crippen LogP contribution in [-0.4, -0.2) is 117 Å². The molecular formula is C40H53F3N6O10S. The van der Waals surface area contributed by atoms with Crippen LogP contribution >= 0.6 is 0 Å². The molecule has 0 spiro atoms. The summed E-state index contributed by atoms with van der Waals surface area (Å²) in [6, 6.07) is 2.97. The molecule has 16 nitrogen and oxygen atoms in total. The first-order valence-electron chi connectivity index (χ1n) is 20.1. The number of methoxy groups -OCH3 is 1. The Hall–Kier alpha value is -4.72. The first-order chi connectivity index (χ1) is 28.0. The van der Waals surface area contributed by atoms with Crippen molar-refractivity contribution in [3.63, 3.8) is 0 Å². The Balaban J connectivity index is 1.44. The Morgan fingerprint density at radius 1 is 1.10 bits per heavy atom. The van der Waals surface area contributed by atoms with E-state index in [0.717, 1.165) is 9.58 Å². The summed E-state index contributed by atoms with van der Waals surface area (Å²) in [6.07, 6.45) is -3.24. The number of nitrogens with zero attached hydrogens (tertiary/aromatic N) is 4. The Bertz CT molecular complexity index is 2230. The summed E-state index contributed by atoms with van der Waals surface area (Å²) >= 11 is 0. The second kappa shape index (κ2) is 16.3. The minimum absolute atomic E-state index is 0.0224. The standard InChI is InChI=1S/C40H53F3N6O10S/c1-23-11-7-8-12-25-21-39(25,35(53)46-60(56,57)38(5)15-16-38)44-31(50)29-20-26(59-32-27-13-9-10-14-28(27)33(51)48(45-32)17-18-58-6)22-47(29)34(52)30(24(2)19-23)49(36(54)55)37(3,4)40(41,42)43/h8-10,12-14,23-26,29-30H,7,11,15-22H2,1-6H3,(H,44,50)(H,46,53)(H,54,55)/b12-8-/t23-,24+,25+,26+,29-,30-,39+/m0/s1. The predicted molar refractivity (Wildman–Crippen MR) is 211 cm³/mol. The highest BCUT2D eigenvalue weighted by molar-refractivity contribution is 7.91. The Morgan fingerprint density at radius 2 is 1.77 bits per heavy atom. The molecule has 6 rings (SSSR count). The van der Waals surface area contributed by atoms with Crippen molar-refractivity contribution < 1.29 is 55.3 Å². The third-order valence-electron chi connectivity index (χ3n) is 12.6. The molecule has 3 heterocycles. The van der Waals surface area contributed by atoms with Crippen molar-refractivity contribution in [2.45, 2.75) is 126 Å². The van der Waals surface area contributed by atoms with E-state index in [4.69, 9.17) is 9.47 Å². The lowest BCUT2D eigenvalue weighted by atomic mass is 9.85. The van der Waals surface area contributed by atoms with Gasteiger partial charge in [0.1, 0.15) is 29.3 Å². The number of rotatable bonds is 10. The molecule has 1 aromatic carbocycles. The number of hydrogen-bond acceptors (Lipinski definition) is 10. The van der Waals surface area contributed by atoms with Gasteiger partial charge in [-0.15, -0.1) is 5.10 Å². The molecule has 2 aliphatic heterocycles. The molecule has 330 valence electrons. The largest absolute Gasteiger partial charge is 0.471 e. The van der Waals surface area contributed by atoms with Crippen LogP contribution in [-0.2, 0) is 35.7 Å². The maximum Gasteiger partial charge on any atom is 0.411 e. The van der Waals surface area contributed by atoms with Gasteiger partial charge >= 0.3 is 12.3 Å². The number of allylic oxidation sites excluding steroid dienone is 1. The highest BCUT2D eigenvalue weighted by Crippen LogP contribution is 2.48. The first-order valence-corrected chi connectivity index (χ1v) is 21.6. The molecule has 7 atom stereocenters. The van der Waals surface area contributed by atoms with E-state index < -0.39 is 98.0 Å². The molecular weight excluding hydrogens is 814 g/mol. The SMILES string of the molecule is COCCn1nc(O[C@@H]2C[C@H]3C(=O)N[C@]4(C(=O)NS(=O)(=O)C5(C)CC5)C[C@H]4/C=C\CC[C@H](C)C[C@@H](C)[C@H](N(C(=O)O)C(C)(C)C(F)(F)F)C(=O)N3C2)c2ccccc2c1=O. The van der Waals surface area contributed by atoms with Crippen molar-refractivity contribution in [3.8, 4) is 5.88 Å². The minimum Gasteiger partial charge on any atom is -0.471 e. The number of aromatic nitrogens is 2. The van der Waals surface area contributed by atoms with E-state index in [1.165, 1.54) is 21.0 Å². The van der Waals surface area contributed by atoms with Crippen LogP contribution in [0.5, 0.6) is 5.88 Å². The number of nitrogens with one attached hydrogen (secondary N) is 2. The predicted octanol–water partition coefficient (Wildman–Crippen LogP) is 3.97. The van der Waals surface area contributed by atoms with Crippen molar-refractivity contribution in [1.82, 2.24) is 29.6 Å². The number of sulfonamides is 1. The van der Waals surface area contributed by atoms with Gasteiger partial charge < -0.3 is 24.8 Å². The highest BCUT2D eigenvalue weighted by Gasteiger charge is 2.64. The second-order valence-corrected chi connectivity index (χ2v) is 19.7. The summed E-state index contributed by atoms with van der Waals surface area (Å²) in [4.78, 5) is 71.0. The lowest BCUT2D eigenvalue weighted by Gasteiger charge is -2.45. The second-order valence-electron chi connectivity index (χ2n) is 17.5. The summed E-state index contributed by atoms with van der Waals surface area (Å²) in [6.45, 7) is 5.92. The Morgan fingerprint density at radius 3 is 2.38 bits per heavy atom. The van der Waals surface area contributed by atoms with Crippen molar-refractivity contribution >= 4 is 44.6 Å². The van der Waals surface area contributed by atoms with Crippen LogP contribution in [0.25, 0.3) is 10.8 Å². The zero-order valence-electron chi connectivity index (χ0n) is 34.5. The molecule has 0 bridgehead atoms. The first kappa shape index (κ1) is 44.8. The molecule has 20 heteroatoms. The van der Waals surface area contributed by atoms with Gasteiger partial charge in [-0.05, 0) is 83.3 Å². The van der Waals surface area contributed by atoms with Gasteiger partial charge in [0.15, 0.2) is 0 Å². The van der Waals surface area contributed by atoms with E-state index in [-0.39, 0.29) is 54.5 Å². The number of ether oxygens (including phenoxy) is 2. The number of alkyl halides is 3. The van der Waals surface area contributed by atoms with Crippen LogP contribution in [0.15, 0.2) is 41.2 Å². The molecule has 0 unspecified atom stereocenters. The average Bonchev–Trinajstić information content (AvgIpc) is 4.05. The van der Waals surface area contributed by atoms with Crippen molar-refractivity contribution in [1.29, 1.82) is 0 Å². The summed E-state index contributed by atoms with van der Waals surface area (Å²) < 4.78 is 84.3. The number of halogens is 3. The maximum atomic E-state index is 15.1. The topological polar surface area (TPSA) is 207 Å². The fraction of sp³-hybridized carbons (Fsp3) is 0.650. The Kier molecular flexibility index (Phi) is 12.2. The van der Waals surface area contributed by atoms with Crippen LogP contribution in [0.1, 0.15) is 79.6 Å². The molecule has 4 amide bonds. The summed E-state index contributed by atoms with van der Waals surface area (Å²) in [7, 11) is -2.70. The monoisotopic (exact) mass is 866 g/mol. The normalized spacial score (nSPS) is 29.0. The van der Waals surface area contributed by atoms with Gasteiger partial charge in [-0.1, -0.05) is 38.1 Å². The molecule has 1 saturated heterocycles. The third kappa shape index (κ3) is 8.45. The van der Waals surface area contributed by atoms with Gasteiger partial charge in [0.2, 0.25) is 27.7 Å². The van der Waals surface area contributed by atoms with Crippen LogP contribution in [0.4, 0.5) is 18.0 Å². The molecule has 60 heavy (non-hydrogen) atoms. The van der Waals surface area contributed by atoms with E-state index >= 15 is 4.79 Å². The third-order valence-corrected chi connectivity index (χ3v) is 14.8. The molecule has 0 radical (unpaired) electrons. The summed E-state index contributed by atoms with van der Waals surface area (Å²) in [5, 5.41) is 18.1. The fourth-order valence-corrected chi connectivity index (χ4v) is 9.67. The van der Waals surface area contributed by atoms with E-state index in [1.54, 1.807) is 36.4 Å². The zero-order valence-corrected chi connectivity index (χ0v) is 35.3. The Labute approximate surface area is 345 Å². The molecule has 2 saturated carbocycles. The van der Waals surface area contributed by atoms with E-state index in [0.29, 0.717) is 44.9 Å². The van der Waals surface area contributed by atoms with Gasteiger partial charge in [-0.3, -0.25) is 28.8 Å². The number of hydrogen-bond donors (Lipinski definition) is 3. The maximum absolute atomic E-state index is 15.1. The van der Waals surface area contributed by atoms with Gasteiger partial charge in [0, 0.05) is 19.4 Å². The quantitative estimate of drug-likeness (QED) is 0.292. The minimum atomic E-state index is -5.12. The fourth-order valence-electron chi connectivity index (χ4n) is 8.36. The molecule has 3 fully saturated rings. The van der Waals surface area contributed by atoms with Crippen LogP contribution in [0.2, 0.25) is 0 Å². The van der Waals surface area contributed by atoms with Crippen LogP contribution in [0, 0.1) is 17.8 Å². The van der Waals surface area contributed by atoms with Gasteiger partial charge in [0.25, 0.3) is 11.5 Å². The number of fused-ring (bicyclic) bond motifs is 3. The van der Waals surface area contributed by atoms with Crippen LogP contribution in [0.3, 0.4) is 0 Å². The number of amides is 4. The molecule has 2 aromatic rings. The molecule has 2 aliphatic carbocycles. The molecule has 3 N–H and O–H groups in total. The number of carboxylic acid groups (broad SMARTS) is 1. The van der Waals surface area contributed by atoms with Crippen molar-refractivity contribution in [2.24, 2.45) is 17.8 Å².